The Balaban J connectivity index is 1.87. The third-order valence-electron chi connectivity index (χ3n) is 5.75. The molecule has 0 fully saturated rings. The van der Waals surface area contributed by atoms with Gasteiger partial charge < -0.3 is 15.0 Å². The first kappa shape index (κ1) is 24.1. The topological polar surface area (TPSA) is 58.6 Å². The van der Waals surface area contributed by atoms with Gasteiger partial charge in [0.05, 0.1) is 7.11 Å². The van der Waals surface area contributed by atoms with Crippen LogP contribution in [0.25, 0.3) is 0 Å². The zero-order chi connectivity index (χ0) is 23.6. The first-order valence-corrected chi connectivity index (χ1v) is 11.2. The largest absolute Gasteiger partial charge is 0.497 e. The van der Waals surface area contributed by atoms with Gasteiger partial charge in [0.2, 0.25) is 11.8 Å². The maximum atomic E-state index is 13.5. The van der Waals surface area contributed by atoms with Gasteiger partial charge in [-0.1, -0.05) is 72.3 Å². The Hall–Kier alpha value is -3.60. The minimum absolute atomic E-state index is 0.0528. The van der Waals surface area contributed by atoms with E-state index in [1.165, 1.54) is 5.56 Å². The van der Waals surface area contributed by atoms with E-state index in [2.05, 4.69) is 29.6 Å². The molecular formula is C28H32N2O3. The number of rotatable bonds is 10. The van der Waals surface area contributed by atoms with Crippen molar-refractivity contribution in [1.82, 2.24) is 10.2 Å². The second-order valence-corrected chi connectivity index (χ2v) is 8.18. The monoisotopic (exact) mass is 444 g/mol. The Morgan fingerprint density at radius 2 is 1.61 bits per heavy atom. The number of likely N-dealkylation sites (N-methyl/N-ethyl adjacent to an activating group) is 1. The number of carbonyl (C=O) groups is 2. The number of carbonyl (C=O) groups excluding carboxylic acids is 2. The van der Waals surface area contributed by atoms with Gasteiger partial charge in [-0.15, -0.1) is 0 Å². The molecule has 3 aromatic rings. The molecule has 33 heavy (non-hydrogen) atoms. The van der Waals surface area contributed by atoms with Crippen LogP contribution in [0.2, 0.25) is 0 Å². The second-order valence-electron chi connectivity index (χ2n) is 8.18. The Labute approximate surface area is 196 Å². The molecule has 0 aliphatic carbocycles. The molecule has 3 aromatic carbocycles. The summed E-state index contributed by atoms with van der Waals surface area (Å²) in [4.78, 5) is 28.2. The van der Waals surface area contributed by atoms with Crippen molar-refractivity contribution in [2.45, 2.75) is 38.8 Å². The fourth-order valence-electron chi connectivity index (χ4n) is 3.84. The number of aryl methyl sites for hydroxylation is 2. The van der Waals surface area contributed by atoms with Crippen LogP contribution in [-0.4, -0.2) is 36.9 Å². The van der Waals surface area contributed by atoms with Crippen LogP contribution in [0.5, 0.6) is 5.75 Å². The highest BCUT2D eigenvalue weighted by Crippen LogP contribution is 2.19. The Bertz CT molecular complexity index is 1050. The summed E-state index contributed by atoms with van der Waals surface area (Å²) in [5.74, 6) is 0.493. The van der Waals surface area contributed by atoms with Crippen molar-refractivity contribution in [3.8, 4) is 5.75 Å². The number of amides is 2. The Morgan fingerprint density at radius 3 is 2.27 bits per heavy atom. The highest BCUT2D eigenvalue weighted by atomic mass is 16.5. The van der Waals surface area contributed by atoms with Crippen molar-refractivity contribution >= 4 is 11.8 Å². The summed E-state index contributed by atoms with van der Waals surface area (Å²) in [5, 5.41) is 2.75. The van der Waals surface area contributed by atoms with Gasteiger partial charge in [-0.05, 0) is 42.2 Å². The summed E-state index contributed by atoms with van der Waals surface area (Å²) in [5.41, 5.74) is 4.22. The van der Waals surface area contributed by atoms with E-state index in [0.717, 1.165) is 22.4 Å². The fourth-order valence-corrected chi connectivity index (χ4v) is 3.84. The van der Waals surface area contributed by atoms with Crippen LogP contribution in [0.15, 0.2) is 78.9 Å². The van der Waals surface area contributed by atoms with Crippen LogP contribution >= 0.6 is 0 Å². The predicted molar refractivity (Wildman–Crippen MR) is 131 cm³/mol. The van der Waals surface area contributed by atoms with Crippen LogP contribution in [0.3, 0.4) is 0 Å². The number of nitrogens with zero attached hydrogens (tertiary/aromatic N) is 1. The van der Waals surface area contributed by atoms with Crippen molar-refractivity contribution in [3.63, 3.8) is 0 Å². The van der Waals surface area contributed by atoms with E-state index in [0.29, 0.717) is 25.8 Å². The minimum Gasteiger partial charge on any atom is -0.497 e. The highest BCUT2D eigenvalue weighted by Gasteiger charge is 2.29. The van der Waals surface area contributed by atoms with Gasteiger partial charge in [0.15, 0.2) is 0 Å². The summed E-state index contributed by atoms with van der Waals surface area (Å²) in [6.07, 6.45) is 1.40. The quantitative estimate of drug-likeness (QED) is 0.507. The molecule has 5 heteroatoms. The lowest BCUT2D eigenvalue weighted by atomic mass is 10.0. The normalized spacial score (nSPS) is 11.5. The van der Waals surface area contributed by atoms with Gasteiger partial charge in [-0.3, -0.25) is 9.59 Å². The smallest absolute Gasteiger partial charge is 0.242 e. The molecule has 1 N–H and O–H groups in total. The zero-order valence-electron chi connectivity index (χ0n) is 19.6. The van der Waals surface area contributed by atoms with Crippen molar-refractivity contribution < 1.29 is 14.3 Å². The van der Waals surface area contributed by atoms with Gasteiger partial charge in [-0.25, -0.2) is 0 Å². The molecule has 0 saturated carbocycles. The zero-order valence-corrected chi connectivity index (χ0v) is 19.6. The maximum Gasteiger partial charge on any atom is 0.242 e. The third-order valence-corrected chi connectivity index (χ3v) is 5.75. The lowest BCUT2D eigenvalue weighted by Crippen LogP contribution is -2.49. The van der Waals surface area contributed by atoms with Crippen molar-refractivity contribution in [2.75, 3.05) is 14.2 Å². The highest BCUT2D eigenvalue weighted by molar-refractivity contribution is 5.88. The van der Waals surface area contributed by atoms with Gasteiger partial charge in [-0.2, -0.15) is 0 Å². The molecule has 0 unspecified atom stereocenters. The molecule has 0 aliphatic rings. The van der Waals surface area contributed by atoms with Crippen LogP contribution in [0.4, 0.5) is 0 Å². The first-order chi connectivity index (χ1) is 16.0. The number of methoxy groups -OCH3 is 1. The van der Waals surface area contributed by atoms with Gasteiger partial charge in [0, 0.05) is 26.4 Å². The molecule has 0 aliphatic heterocycles. The minimum atomic E-state index is -0.617. The number of ether oxygens (including phenoxy) is 1. The second kappa shape index (κ2) is 11.9. The molecule has 0 spiro atoms. The SMILES string of the molecule is CNC(=O)[C@@H](Cc1ccccc1)N(Cc1cccc(OC)c1)C(=O)CCc1ccc(C)cc1. The Morgan fingerprint density at radius 1 is 0.909 bits per heavy atom. The summed E-state index contributed by atoms with van der Waals surface area (Å²) in [6.45, 7) is 2.37. The van der Waals surface area contributed by atoms with Gasteiger partial charge >= 0.3 is 0 Å². The van der Waals surface area contributed by atoms with Gasteiger partial charge in [0.1, 0.15) is 11.8 Å². The molecule has 3 rings (SSSR count). The standard InChI is InChI=1S/C28H32N2O3/c1-21-12-14-22(15-13-21)16-17-27(31)30(20-24-10-7-11-25(18-24)33-3)26(28(32)29-2)19-23-8-5-4-6-9-23/h4-15,18,26H,16-17,19-20H2,1-3H3,(H,29,32)/t26-/m1/s1. The third kappa shape index (κ3) is 6.94. The lowest BCUT2D eigenvalue weighted by Gasteiger charge is -2.31. The van der Waals surface area contributed by atoms with E-state index >= 15 is 0 Å². The number of hydrogen-bond acceptors (Lipinski definition) is 3. The van der Waals surface area contributed by atoms with E-state index in [9.17, 15) is 9.59 Å². The summed E-state index contributed by atoms with van der Waals surface area (Å²) in [6, 6.07) is 25.0. The molecule has 0 saturated heterocycles. The fraction of sp³-hybridized carbons (Fsp3) is 0.286. The van der Waals surface area contributed by atoms with Crippen LogP contribution in [0.1, 0.15) is 28.7 Å². The van der Waals surface area contributed by atoms with Crippen LogP contribution in [-0.2, 0) is 29.0 Å². The van der Waals surface area contributed by atoms with Crippen LogP contribution in [0, 0.1) is 6.92 Å². The number of benzene rings is 3. The van der Waals surface area contributed by atoms with Crippen LogP contribution < -0.4 is 10.1 Å². The molecule has 2 amide bonds. The molecular weight excluding hydrogens is 412 g/mol. The first-order valence-electron chi connectivity index (χ1n) is 11.2. The molecule has 0 heterocycles. The van der Waals surface area contributed by atoms with E-state index in [1.807, 2.05) is 61.5 Å². The average molecular weight is 445 g/mol. The van der Waals surface area contributed by atoms with E-state index in [-0.39, 0.29) is 11.8 Å². The maximum absolute atomic E-state index is 13.5. The molecule has 1 atom stereocenters. The average Bonchev–Trinajstić information content (AvgIpc) is 2.86. The summed E-state index contributed by atoms with van der Waals surface area (Å²) in [7, 11) is 3.23. The molecule has 0 bridgehead atoms. The number of hydrogen-bond donors (Lipinski definition) is 1. The molecule has 172 valence electrons. The van der Waals surface area contributed by atoms with Crippen molar-refractivity contribution in [3.05, 3.63) is 101 Å². The van der Waals surface area contributed by atoms with Gasteiger partial charge in [0.25, 0.3) is 0 Å². The van der Waals surface area contributed by atoms with E-state index in [4.69, 9.17) is 4.74 Å². The lowest BCUT2D eigenvalue weighted by molar-refractivity contribution is -0.141. The summed E-state index contributed by atoms with van der Waals surface area (Å²) < 4.78 is 5.35. The summed E-state index contributed by atoms with van der Waals surface area (Å²) >= 11 is 0. The van der Waals surface area contributed by atoms with Crippen molar-refractivity contribution in [2.24, 2.45) is 0 Å². The van der Waals surface area contributed by atoms with E-state index in [1.54, 1.807) is 19.1 Å². The molecule has 0 radical (unpaired) electrons. The van der Waals surface area contributed by atoms with E-state index < -0.39 is 6.04 Å². The molecule has 5 nitrogen and oxygen atoms in total. The number of nitrogens with one attached hydrogen (secondary N) is 1. The molecule has 0 aromatic heterocycles. The van der Waals surface area contributed by atoms with Crippen molar-refractivity contribution in [1.29, 1.82) is 0 Å². The Kier molecular flexibility index (Phi) is 8.64. The predicted octanol–water partition coefficient (Wildman–Crippen LogP) is 4.32.